The van der Waals surface area contributed by atoms with Gasteiger partial charge in [-0.3, -0.25) is 4.79 Å². The molecule has 2 aromatic rings. The number of nitrogens with zero attached hydrogens (tertiary/aromatic N) is 2. The lowest BCUT2D eigenvalue weighted by Crippen LogP contribution is -2.22. The molecule has 1 aromatic carbocycles. The second-order valence-corrected chi connectivity index (χ2v) is 5.22. The molecule has 1 unspecified atom stereocenters. The van der Waals surface area contributed by atoms with Crippen LogP contribution in [0, 0.1) is 0 Å². The van der Waals surface area contributed by atoms with Gasteiger partial charge in [0.2, 0.25) is 0 Å². The fourth-order valence-electron chi connectivity index (χ4n) is 2.29. The summed E-state index contributed by atoms with van der Waals surface area (Å²) in [4.78, 5) is 16.5. The Hall–Kier alpha value is -2.14. The van der Waals surface area contributed by atoms with Crippen molar-refractivity contribution in [3.63, 3.8) is 0 Å². The van der Waals surface area contributed by atoms with Crippen LogP contribution in [0.3, 0.4) is 0 Å². The standard InChI is InChI=1S/C15H18N4O/c1-10(16)12-4-2-3-5-13(12)18-14-15(20)19(9-8-17-14)11-6-7-11/h2-5,8-11H,6-7,16H2,1H3,(H,17,18). The first-order valence-electron chi connectivity index (χ1n) is 6.85. The van der Waals surface area contributed by atoms with Crippen molar-refractivity contribution in [2.24, 2.45) is 5.73 Å². The maximum absolute atomic E-state index is 12.3. The molecule has 1 atom stereocenters. The van der Waals surface area contributed by atoms with Crippen molar-refractivity contribution in [1.82, 2.24) is 9.55 Å². The van der Waals surface area contributed by atoms with Crippen LogP contribution < -0.4 is 16.6 Å². The topological polar surface area (TPSA) is 72.9 Å². The molecule has 1 aliphatic rings. The van der Waals surface area contributed by atoms with Gasteiger partial charge in [-0.2, -0.15) is 0 Å². The van der Waals surface area contributed by atoms with Crippen LogP contribution in [-0.4, -0.2) is 9.55 Å². The average Bonchev–Trinajstić information content (AvgIpc) is 3.26. The smallest absolute Gasteiger partial charge is 0.293 e. The largest absolute Gasteiger partial charge is 0.335 e. The summed E-state index contributed by atoms with van der Waals surface area (Å²) in [6.45, 7) is 1.92. The Bertz CT molecular complexity index is 674. The maximum atomic E-state index is 12.3. The Morgan fingerprint density at radius 1 is 1.40 bits per heavy atom. The number of hydrogen-bond donors (Lipinski definition) is 2. The van der Waals surface area contributed by atoms with Crippen LogP contribution in [0.2, 0.25) is 0 Å². The van der Waals surface area contributed by atoms with Gasteiger partial charge in [0.25, 0.3) is 5.56 Å². The second-order valence-electron chi connectivity index (χ2n) is 5.22. The summed E-state index contributed by atoms with van der Waals surface area (Å²) in [5, 5.41) is 3.12. The Morgan fingerprint density at radius 3 is 2.85 bits per heavy atom. The molecule has 0 radical (unpaired) electrons. The molecule has 0 aliphatic heterocycles. The minimum atomic E-state index is -0.104. The highest BCUT2D eigenvalue weighted by Gasteiger charge is 2.25. The molecule has 5 heteroatoms. The van der Waals surface area contributed by atoms with E-state index in [-0.39, 0.29) is 11.6 Å². The molecule has 3 N–H and O–H groups in total. The highest BCUT2D eigenvalue weighted by atomic mass is 16.1. The zero-order valence-electron chi connectivity index (χ0n) is 11.4. The Morgan fingerprint density at radius 2 is 2.15 bits per heavy atom. The lowest BCUT2D eigenvalue weighted by atomic mass is 10.1. The van der Waals surface area contributed by atoms with E-state index in [2.05, 4.69) is 10.3 Å². The van der Waals surface area contributed by atoms with E-state index in [1.165, 1.54) is 0 Å². The fourth-order valence-corrected chi connectivity index (χ4v) is 2.29. The minimum Gasteiger partial charge on any atom is -0.335 e. The third-order valence-corrected chi connectivity index (χ3v) is 3.51. The first-order valence-corrected chi connectivity index (χ1v) is 6.85. The molecule has 20 heavy (non-hydrogen) atoms. The van der Waals surface area contributed by atoms with Crippen LogP contribution >= 0.6 is 0 Å². The second kappa shape index (κ2) is 5.09. The van der Waals surface area contributed by atoms with Gasteiger partial charge in [0.1, 0.15) is 0 Å². The van der Waals surface area contributed by atoms with Crippen LogP contribution in [-0.2, 0) is 0 Å². The molecular weight excluding hydrogens is 252 g/mol. The predicted molar refractivity (Wildman–Crippen MR) is 79.1 cm³/mol. The van der Waals surface area contributed by atoms with E-state index in [9.17, 15) is 4.79 Å². The van der Waals surface area contributed by atoms with Crippen molar-refractivity contribution in [3.8, 4) is 0 Å². The molecule has 3 rings (SSSR count). The maximum Gasteiger partial charge on any atom is 0.293 e. The molecule has 1 saturated carbocycles. The van der Waals surface area contributed by atoms with Gasteiger partial charge in [-0.05, 0) is 31.4 Å². The molecular formula is C15H18N4O. The molecule has 0 spiro atoms. The van der Waals surface area contributed by atoms with Crippen molar-refractivity contribution in [3.05, 3.63) is 52.6 Å². The van der Waals surface area contributed by atoms with E-state index in [4.69, 9.17) is 5.73 Å². The molecule has 104 valence electrons. The molecule has 5 nitrogen and oxygen atoms in total. The van der Waals surface area contributed by atoms with Gasteiger partial charge in [-0.1, -0.05) is 18.2 Å². The lowest BCUT2D eigenvalue weighted by molar-refractivity contribution is 0.701. The number of aromatic nitrogens is 2. The molecule has 1 aliphatic carbocycles. The number of anilines is 2. The summed E-state index contributed by atoms with van der Waals surface area (Å²) in [6, 6.07) is 7.95. The van der Waals surface area contributed by atoms with Gasteiger partial charge in [0, 0.05) is 30.2 Å². The van der Waals surface area contributed by atoms with Crippen molar-refractivity contribution < 1.29 is 0 Å². The number of para-hydroxylation sites is 1. The molecule has 1 heterocycles. The molecule has 1 aromatic heterocycles. The van der Waals surface area contributed by atoms with E-state index in [0.29, 0.717) is 11.9 Å². The number of nitrogens with two attached hydrogens (primary N) is 1. The molecule has 1 fully saturated rings. The number of nitrogens with one attached hydrogen (secondary N) is 1. The molecule has 0 saturated heterocycles. The number of benzene rings is 1. The predicted octanol–water partition coefficient (Wildman–Crippen LogP) is 2.34. The normalized spacial score (nSPS) is 15.9. The third-order valence-electron chi connectivity index (χ3n) is 3.51. The SMILES string of the molecule is CC(N)c1ccccc1Nc1nccn(C2CC2)c1=O. The summed E-state index contributed by atoms with van der Waals surface area (Å²) in [7, 11) is 0. The Labute approximate surface area is 117 Å². The summed E-state index contributed by atoms with van der Waals surface area (Å²) in [6.07, 6.45) is 5.55. The van der Waals surface area contributed by atoms with Crippen LogP contribution in [0.25, 0.3) is 0 Å². The van der Waals surface area contributed by atoms with E-state index in [1.54, 1.807) is 17.0 Å². The summed E-state index contributed by atoms with van der Waals surface area (Å²) >= 11 is 0. The van der Waals surface area contributed by atoms with Crippen LogP contribution in [0.15, 0.2) is 41.5 Å². The zero-order chi connectivity index (χ0) is 14.1. The minimum absolute atomic E-state index is 0.0746. The van der Waals surface area contributed by atoms with E-state index < -0.39 is 0 Å². The number of rotatable bonds is 4. The third kappa shape index (κ3) is 2.44. The van der Waals surface area contributed by atoms with Gasteiger partial charge in [-0.15, -0.1) is 0 Å². The van der Waals surface area contributed by atoms with Crippen LogP contribution in [0.5, 0.6) is 0 Å². The van der Waals surface area contributed by atoms with E-state index in [0.717, 1.165) is 24.1 Å². The first-order chi connectivity index (χ1) is 9.66. The van der Waals surface area contributed by atoms with Crippen molar-refractivity contribution >= 4 is 11.5 Å². The Balaban J connectivity index is 1.96. The van der Waals surface area contributed by atoms with Crippen molar-refractivity contribution in [2.45, 2.75) is 31.8 Å². The van der Waals surface area contributed by atoms with Gasteiger partial charge >= 0.3 is 0 Å². The number of hydrogen-bond acceptors (Lipinski definition) is 4. The Kier molecular flexibility index (Phi) is 3.28. The van der Waals surface area contributed by atoms with Crippen LogP contribution in [0.1, 0.15) is 37.4 Å². The van der Waals surface area contributed by atoms with Crippen LogP contribution in [0.4, 0.5) is 11.5 Å². The van der Waals surface area contributed by atoms with E-state index in [1.807, 2.05) is 31.2 Å². The summed E-state index contributed by atoms with van der Waals surface area (Å²) < 4.78 is 1.75. The monoisotopic (exact) mass is 270 g/mol. The first kappa shape index (κ1) is 12.9. The summed E-state index contributed by atoms with van der Waals surface area (Å²) in [5.74, 6) is 0.354. The summed E-state index contributed by atoms with van der Waals surface area (Å²) in [5.41, 5.74) is 7.68. The zero-order valence-corrected chi connectivity index (χ0v) is 11.4. The average molecular weight is 270 g/mol. The fraction of sp³-hybridized carbons (Fsp3) is 0.333. The van der Waals surface area contributed by atoms with Gasteiger partial charge in [0.05, 0.1) is 0 Å². The molecule has 0 bridgehead atoms. The lowest BCUT2D eigenvalue weighted by Gasteiger charge is -2.14. The van der Waals surface area contributed by atoms with E-state index >= 15 is 0 Å². The highest BCUT2D eigenvalue weighted by molar-refractivity contribution is 5.60. The van der Waals surface area contributed by atoms with Crippen molar-refractivity contribution in [1.29, 1.82) is 0 Å². The highest BCUT2D eigenvalue weighted by Crippen LogP contribution is 2.33. The molecule has 0 amide bonds. The van der Waals surface area contributed by atoms with Crippen molar-refractivity contribution in [2.75, 3.05) is 5.32 Å². The van der Waals surface area contributed by atoms with Gasteiger partial charge in [0.15, 0.2) is 5.82 Å². The quantitative estimate of drug-likeness (QED) is 0.894. The van der Waals surface area contributed by atoms with Gasteiger partial charge < -0.3 is 15.6 Å². The van der Waals surface area contributed by atoms with Gasteiger partial charge in [-0.25, -0.2) is 4.98 Å².